The third-order valence-corrected chi connectivity index (χ3v) is 4.49. The number of urea groups is 1. The molecule has 2 amide bonds. The highest BCUT2D eigenvalue weighted by Crippen LogP contribution is 2.48. The van der Waals surface area contributed by atoms with Gasteiger partial charge in [0.05, 0.1) is 6.04 Å². The molecule has 1 aliphatic heterocycles. The van der Waals surface area contributed by atoms with E-state index < -0.39 is 17.9 Å². The van der Waals surface area contributed by atoms with Crippen LogP contribution in [0.2, 0.25) is 0 Å². The zero-order valence-corrected chi connectivity index (χ0v) is 14.7. The minimum Gasteiger partial charge on any atom is -0.334 e. The van der Waals surface area contributed by atoms with E-state index in [1.807, 2.05) is 19.9 Å². The Balaban J connectivity index is 1.72. The van der Waals surface area contributed by atoms with Gasteiger partial charge in [0.2, 0.25) is 0 Å². The fourth-order valence-electron chi connectivity index (χ4n) is 3.46. The van der Waals surface area contributed by atoms with Crippen LogP contribution in [0, 0.1) is 5.41 Å². The minimum absolute atomic E-state index is 0.0638. The van der Waals surface area contributed by atoms with Crippen molar-refractivity contribution in [2.45, 2.75) is 32.6 Å². The Kier molecular flexibility index (Phi) is 4.41. The number of likely N-dealkylation sites (tertiary alicyclic amines) is 1. The molecule has 1 atom stereocenters. The van der Waals surface area contributed by atoms with E-state index >= 15 is 0 Å². The molecule has 1 N–H and O–H groups in total. The van der Waals surface area contributed by atoms with Crippen LogP contribution >= 0.6 is 0 Å². The third kappa shape index (κ3) is 3.38. The molecule has 140 valence electrons. The standard InChI is InChI=1S/C17H20F3N5O/c1-16(2)10-25(14(16)11-5-4-6-21-7-11)15(26)22-8-12-9-24(3)23-13(12)17(18,19)20/h4-7,9,14H,8,10H2,1-3H3,(H,22,26)/t14-/m0/s1. The minimum atomic E-state index is -4.56. The maximum Gasteiger partial charge on any atom is 0.435 e. The van der Waals surface area contributed by atoms with Crippen LogP contribution in [0.25, 0.3) is 0 Å². The summed E-state index contributed by atoms with van der Waals surface area (Å²) in [7, 11) is 1.41. The highest BCUT2D eigenvalue weighted by molar-refractivity contribution is 5.76. The summed E-state index contributed by atoms with van der Waals surface area (Å²) < 4.78 is 40.1. The van der Waals surface area contributed by atoms with E-state index in [2.05, 4.69) is 15.4 Å². The van der Waals surface area contributed by atoms with E-state index in [0.717, 1.165) is 10.2 Å². The molecule has 2 aromatic rings. The fraction of sp³-hybridized carbons (Fsp3) is 0.471. The summed E-state index contributed by atoms with van der Waals surface area (Å²) in [5.41, 5.74) is -0.276. The zero-order valence-electron chi connectivity index (χ0n) is 14.7. The maximum absolute atomic E-state index is 13.0. The third-order valence-electron chi connectivity index (χ3n) is 4.49. The van der Waals surface area contributed by atoms with Crippen molar-refractivity contribution in [3.63, 3.8) is 0 Å². The second-order valence-corrected chi connectivity index (χ2v) is 7.14. The number of hydrogen-bond acceptors (Lipinski definition) is 3. The van der Waals surface area contributed by atoms with Crippen molar-refractivity contribution < 1.29 is 18.0 Å². The molecule has 0 saturated carbocycles. The second kappa shape index (κ2) is 6.30. The number of pyridine rings is 1. The van der Waals surface area contributed by atoms with Gasteiger partial charge in [-0.15, -0.1) is 0 Å². The molecule has 0 aromatic carbocycles. The number of rotatable bonds is 3. The highest BCUT2D eigenvalue weighted by Gasteiger charge is 2.49. The lowest BCUT2D eigenvalue weighted by Crippen LogP contribution is -2.60. The molecule has 3 heterocycles. The molecule has 9 heteroatoms. The van der Waals surface area contributed by atoms with E-state index in [9.17, 15) is 18.0 Å². The summed E-state index contributed by atoms with van der Waals surface area (Å²) in [5.74, 6) is 0. The van der Waals surface area contributed by atoms with Gasteiger partial charge in [0.25, 0.3) is 0 Å². The smallest absolute Gasteiger partial charge is 0.334 e. The first-order chi connectivity index (χ1) is 12.1. The number of aryl methyl sites for hydroxylation is 1. The first kappa shape index (κ1) is 18.2. The van der Waals surface area contributed by atoms with Crippen LogP contribution in [-0.4, -0.2) is 32.2 Å². The van der Waals surface area contributed by atoms with Crippen LogP contribution in [0.4, 0.5) is 18.0 Å². The molecule has 3 rings (SSSR count). The summed E-state index contributed by atoms with van der Waals surface area (Å²) in [5, 5.41) is 6.02. The van der Waals surface area contributed by atoms with E-state index in [4.69, 9.17) is 0 Å². The molecule has 0 spiro atoms. The molecule has 1 aliphatic rings. The zero-order chi connectivity index (χ0) is 19.1. The Labute approximate surface area is 149 Å². The SMILES string of the molecule is Cn1cc(CNC(=O)N2CC(C)(C)[C@@H]2c2cccnc2)c(C(F)(F)F)n1. The van der Waals surface area contributed by atoms with Crippen LogP contribution in [0.1, 0.15) is 36.7 Å². The van der Waals surface area contributed by atoms with Crippen molar-refractivity contribution >= 4 is 6.03 Å². The van der Waals surface area contributed by atoms with Crippen molar-refractivity contribution in [3.8, 4) is 0 Å². The predicted octanol–water partition coefficient (Wildman–Crippen LogP) is 3.13. The van der Waals surface area contributed by atoms with Crippen LogP contribution in [0.3, 0.4) is 0 Å². The van der Waals surface area contributed by atoms with Crippen LogP contribution in [0.15, 0.2) is 30.7 Å². The quantitative estimate of drug-likeness (QED) is 0.907. The van der Waals surface area contributed by atoms with Gasteiger partial charge in [-0.2, -0.15) is 18.3 Å². The molecule has 1 saturated heterocycles. The Morgan fingerprint density at radius 1 is 1.42 bits per heavy atom. The van der Waals surface area contributed by atoms with Crippen molar-refractivity contribution in [2.75, 3.05) is 6.54 Å². The Morgan fingerprint density at radius 3 is 2.73 bits per heavy atom. The monoisotopic (exact) mass is 367 g/mol. The number of alkyl halides is 3. The average Bonchev–Trinajstić information content (AvgIpc) is 2.93. The molecular formula is C17H20F3N5O. The molecule has 0 unspecified atom stereocenters. The molecule has 0 bridgehead atoms. The molecule has 0 radical (unpaired) electrons. The van der Waals surface area contributed by atoms with Crippen molar-refractivity contribution in [3.05, 3.63) is 47.5 Å². The maximum atomic E-state index is 13.0. The second-order valence-electron chi connectivity index (χ2n) is 7.14. The number of hydrogen-bond donors (Lipinski definition) is 1. The summed E-state index contributed by atoms with van der Waals surface area (Å²) in [4.78, 5) is 18.2. The number of halogens is 3. The number of carbonyl (C=O) groups is 1. The van der Waals surface area contributed by atoms with Gasteiger partial charge in [0.15, 0.2) is 5.69 Å². The lowest BCUT2D eigenvalue weighted by molar-refractivity contribution is -0.142. The van der Waals surface area contributed by atoms with Crippen molar-refractivity contribution in [1.29, 1.82) is 0 Å². The van der Waals surface area contributed by atoms with Crippen LogP contribution < -0.4 is 5.32 Å². The van der Waals surface area contributed by atoms with Gasteiger partial charge >= 0.3 is 12.2 Å². The lowest BCUT2D eigenvalue weighted by atomic mass is 9.72. The molecule has 26 heavy (non-hydrogen) atoms. The molecular weight excluding hydrogens is 347 g/mol. The van der Waals surface area contributed by atoms with Crippen LogP contribution in [0.5, 0.6) is 0 Å². The normalized spacial score (nSPS) is 19.2. The Hall–Kier alpha value is -2.58. The predicted molar refractivity (Wildman–Crippen MR) is 87.9 cm³/mol. The number of amides is 2. The molecule has 2 aromatic heterocycles. The Morgan fingerprint density at radius 2 is 2.15 bits per heavy atom. The van der Waals surface area contributed by atoms with Gasteiger partial charge in [0, 0.05) is 49.7 Å². The number of carbonyl (C=O) groups excluding carboxylic acids is 1. The summed E-state index contributed by atoms with van der Waals surface area (Å²) in [6, 6.07) is 3.11. The number of aromatic nitrogens is 3. The van der Waals surface area contributed by atoms with Gasteiger partial charge in [-0.25, -0.2) is 4.79 Å². The van der Waals surface area contributed by atoms with Gasteiger partial charge in [-0.3, -0.25) is 9.67 Å². The summed E-state index contributed by atoms with van der Waals surface area (Å²) in [6.07, 6.45) is 0.0649. The van der Waals surface area contributed by atoms with E-state index in [0.29, 0.717) is 6.54 Å². The molecule has 1 fully saturated rings. The summed E-state index contributed by atoms with van der Waals surface area (Å²) >= 11 is 0. The lowest BCUT2D eigenvalue weighted by Gasteiger charge is -2.54. The van der Waals surface area contributed by atoms with Gasteiger partial charge in [-0.1, -0.05) is 19.9 Å². The van der Waals surface area contributed by atoms with E-state index in [-0.39, 0.29) is 23.6 Å². The fourth-order valence-corrected chi connectivity index (χ4v) is 3.46. The van der Waals surface area contributed by atoms with Crippen LogP contribution in [-0.2, 0) is 19.8 Å². The van der Waals surface area contributed by atoms with Gasteiger partial charge in [-0.05, 0) is 11.6 Å². The van der Waals surface area contributed by atoms with Crippen molar-refractivity contribution in [1.82, 2.24) is 25.0 Å². The average molecular weight is 367 g/mol. The molecule has 6 nitrogen and oxygen atoms in total. The van der Waals surface area contributed by atoms with E-state index in [1.54, 1.807) is 23.4 Å². The summed E-state index contributed by atoms with van der Waals surface area (Å²) in [6.45, 7) is 4.35. The van der Waals surface area contributed by atoms with Gasteiger partial charge in [0.1, 0.15) is 0 Å². The highest BCUT2D eigenvalue weighted by atomic mass is 19.4. The first-order valence-corrected chi connectivity index (χ1v) is 8.14. The number of nitrogens with one attached hydrogen (secondary N) is 1. The van der Waals surface area contributed by atoms with Gasteiger partial charge < -0.3 is 10.2 Å². The van der Waals surface area contributed by atoms with Crippen molar-refractivity contribution in [2.24, 2.45) is 12.5 Å². The first-order valence-electron chi connectivity index (χ1n) is 8.14. The van der Waals surface area contributed by atoms with E-state index in [1.165, 1.54) is 13.2 Å². The Bertz CT molecular complexity index is 800. The largest absolute Gasteiger partial charge is 0.435 e. The number of nitrogens with zero attached hydrogens (tertiary/aromatic N) is 4. The topological polar surface area (TPSA) is 63.1 Å². The molecule has 0 aliphatic carbocycles.